The van der Waals surface area contributed by atoms with E-state index in [0.717, 1.165) is 50.3 Å². The molecule has 1 aliphatic heterocycles. The van der Waals surface area contributed by atoms with E-state index in [9.17, 15) is 14.4 Å². The number of carbonyl (C=O) groups is 1. The number of nitrogens with zero attached hydrogens (tertiary/aromatic N) is 4. The minimum atomic E-state index is -0.367. The fourth-order valence-electron chi connectivity index (χ4n) is 4.92. The van der Waals surface area contributed by atoms with Crippen LogP contribution in [0.2, 0.25) is 0 Å². The molecule has 1 aromatic carbocycles. The van der Waals surface area contributed by atoms with Crippen LogP contribution in [-0.4, -0.2) is 57.6 Å². The highest BCUT2D eigenvalue weighted by atomic mass is 16.2. The molecule has 2 N–H and O–H groups in total. The number of anilines is 1. The molecule has 9 nitrogen and oxygen atoms in total. The van der Waals surface area contributed by atoms with Crippen LogP contribution in [0.5, 0.6) is 0 Å². The normalized spacial score (nSPS) is 17.5. The highest BCUT2D eigenvalue weighted by Crippen LogP contribution is 2.46. The third kappa shape index (κ3) is 3.82. The zero-order valence-electron chi connectivity index (χ0n) is 18.9. The van der Waals surface area contributed by atoms with Crippen molar-refractivity contribution >= 4 is 22.5 Å². The number of nitrogens with one attached hydrogen (secondary N) is 2. The van der Waals surface area contributed by atoms with Gasteiger partial charge in [-0.15, -0.1) is 0 Å². The molecule has 2 aliphatic rings. The Bertz CT molecular complexity index is 1320. The van der Waals surface area contributed by atoms with E-state index >= 15 is 0 Å². The molecule has 1 aliphatic carbocycles. The number of rotatable bonds is 5. The van der Waals surface area contributed by atoms with Crippen molar-refractivity contribution in [3.05, 3.63) is 68.6 Å². The molecular formula is C24H28N6O3. The van der Waals surface area contributed by atoms with Crippen LogP contribution in [0.1, 0.15) is 35.8 Å². The van der Waals surface area contributed by atoms with Crippen LogP contribution in [0.15, 0.2) is 46.1 Å². The first-order valence-electron chi connectivity index (χ1n) is 11.4. The van der Waals surface area contributed by atoms with Gasteiger partial charge in [0.2, 0.25) is 0 Å². The van der Waals surface area contributed by atoms with Crippen molar-refractivity contribution in [1.82, 2.24) is 24.8 Å². The zero-order valence-corrected chi connectivity index (χ0v) is 18.9. The van der Waals surface area contributed by atoms with Crippen molar-refractivity contribution < 1.29 is 4.79 Å². The smallest absolute Gasteiger partial charge is 0.328 e. The molecule has 172 valence electrons. The summed E-state index contributed by atoms with van der Waals surface area (Å²) in [6.07, 6.45) is 4.05. The van der Waals surface area contributed by atoms with E-state index in [1.165, 1.54) is 4.57 Å². The topological polar surface area (TPSA) is 103 Å². The fourth-order valence-corrected chi connectivity index (χ4v) is 4.92. The summed E-state index contributed by atoms with van der Waals surface area (Å²) in [7, 11) is 1.60. The summed E-state index contributed by atoms with van der Waals surface area (Å²) in [6.45, 7) is 5.62. The van der Waals surface area contributed by atoms with Gasteiger partial charge in [0, 0.05) is 39.8 Å². The maximum absolute atomic E-state index is 12.5. The summed E-state index contributed by atoms with van der Waals surface area (Å²) in [4.78, 5) is 48.5. The molecule has 2 fully saturated rings. The number of pyridine rings is 1. The quantitative estimate of drug-likeness (QED) is 0.610. The molecule has 0 unspecified atom stereocenters. The predicted octanol–water partition coefficient (Wildman–Crippen LogP) is 1.32. The van der Waals surface area contributed by atoms with Crippen LogP contribution in [0, 0.1) is 0 Å². The van der Waals surface area contributed by atoms with Gasteiger partial charge in [0.1, 0.15) is 5.69 Å². The van der Waals surface area contributed by atoms with E-state index < -0.39 is 0 Å². The highest BCUT2D eigenvalue weighted by molar-refractivity contribution is 5.92. The van der Waals surface area contributed by atoms with Crippen molar-refractivity contribution in [2.75, 3.05) is 31.6 Å². The summed E-state index contributed by atoms with van der Waals surface area (Å²) < 4.78 is 1.22. The highest BCUT2D eigenvalue weighted by Gasteiger charge is 2.51. The number of H-pyrrole nitrogens is 1. The first kappa shape index (κ1) is 21.4. The second-order valence-corrected chi connectivity index (χ2v) is 8.93. The van der Waals surface area contributed by atoms with Gasteiger partial charge in [-0.1, -0.05) is 6.07 Å². The summed E-state index contributed by atoms with van der Waals surface area (Å²) in [6, 6.07) is 9.48. The van der Waals surface area contributed by atoms with Crippen molar-refractivity contribution in [2.24, 2.45) is 0 Å². The van der Waals surface area contributed by atoms with Gasteiger partial charge in [0.25, 0.3) is 11.5 Å². The van der Waals surface area contributed by atoms with Gasteiger partial charge in [-0.2, -0.15) is 0 Å². The summed E-state index contributed by atoms with van der Waals surface area (Å²) in [5, 5.41) is 3.14. The van der Waals surface area contributed by atoms with Gasteiger partial charge in [-0.3, -0.25) is 19.1 Å². The minimum absolute atomic E-state index is 0.106. The number of piperazine rings is 1. The lowest BCUT2D eigenvalue weighted by molar-refractivity contribution is 0.0958. The van der Waals surface area contributed by atoms with E-state index in [-0.39, 0.29) is 22.7 Å². The molecule has 9 heteroatoms. The van der Waals surface area contributed by atoms with Crippen molar-refractivity contribution in [1.29, 1.82) is 0 Å². The molecule has 0 bridgehead atoms. The van der Waals surface area contributed by atoms with Crippen molar-refractivity contribution in [3.63, 3.8) is 0 Å². The number of aromatic amines is 1. The second kappa shape index (κ2) is 8.15. The van der Waals surface area contributed by atoms with Gasteiger partial charge in [0.05, 0.1) is 28.3 Å². The lowest BCUT2D eigenvalue weighted by atomic mass is 10.1. The Balaban J connectivity index is 1.32. The molecule has 2 aromatic heterocycles. The van der Waals surface area contributed by atoms with Crippen LogP contribution in [0.4, 0.5) is 5.69 Å². The number of benzene rings is 1. The molecule has 1 spiro atoms. The molecular weight excluding hydrogens is 420 g/mol. The zero-order chi connectivity index (χ0) is 23.2. The molecule has 0 atom stereocenters. The van der Waals surface area contributed by atoms with Gasteiger partial charge < -0.3 is 15.2 Å². The number of amides is 1. The predicted molar refractivity (Wildman–Crippen MR) is 127 cm³/mol. The third-order valence-electron chi connectivity index (χ3n) is 6.85. The Morgan fingerprint density at radius 1 is 1.18 bits per heavy atom. The SMILES string of the molecule is CCn1c(=O)[nH]c2cc(CN3CCN(c4ccc(C(=O)NC)nc4)C4(CC4)C3)ccc2c1=O. The molecule has 3 heterocycles. The fraction of sp³-hybridized carbons (Fsp3) is 0.417. The Kier molecular flexibility index (Phi) is 5.28. The van der Waals surface area contributed by atoms with E-state index in [4.69, 9.17) is 0 Å². The first-order chi connectivity index (χ1) is 15.9. The maximum atomic E-state index is 12.5. The Hall–Kier alpha value is -3.46. The van der Waals surface area contributed by atoms with Gasteiger partial charge in [-0.25, -0.2) is 9.78 Å². The van der Waals surface area contributed by atoms with Crippen molar-refractivity contribution in [3.8, 4) is 0 Å². The minimum Gasteiger partial charge on any atom is -0.362 e. The molecule has 1 saturated carbocycles. The molecule has 3 aromatic rings. The molecule has 1 saturated heterocycles. The summed E-state index contributed by atoms with van der Waals surface area (Å²) in [5.74, 6) is -0.183. The number of carbonyl (C=O) groups excluding carboxylic acids is 1. The number of hydrogen-bond acceptors (Lipinski definition) is 6. The van der Waals surface area contributed by atoms with Gasteiger partial charge in [0.15, 0.2) is 0 Å². The van der Waals surface area contributed by atoms with Crippen molar-refractivity contribution in [2.45, 2.75) is 38.4 Å². The standard InChI is InChI=1S/C24H28N6O3/c1-3-29-22(32)18-6-4-16(12-20(18)27-23(29)33)14-28-10-11-30(24(15-28)8-9-24)17-5-7-19(26-13-17)21(31)25-2/h4-7,12-13H,3,8-11,14-15H2,1-2H3,(H,25,31)(H,27,33). The average Bonchev–Trinajstić information content (AvgIpc) is 3.58. The van der Waals surface area contributed by atoms with Crippen LogP contribution in [0.3, 0.4) is 0 Å². The summed E-state index contributed by atoms with van der Waals surface area (Å²) in [5.41, 5.74) is 2.63. The monoisotopic (exact) mass is 448 g/mol. The van der Waals surface area contributed by atoms with Gasteiger partial charge in [-0.05, 0) is 49.6 Å². The Morgan fingerprint density at radius 3 is 2.67 bits per heavy atom. The van der Waals surface area contributed by atoms with Crippen LogP contribution >= 0.6 is 0 Å². The third-order valence-corrected chi connectivity index (χ3v) is 6.85. The van der Waals surface area contributed by atoms with E-state index in [2.05, 4.69) is 25.1 Å². The molecule has 1 amide bonds. The molecule has 33 heavy (non-hydrogen) atoms. The van der Waals surface area contributed by atoms with Crippen LogP contribution in [-0.2, 0) is 13.1 Å². The van der Waals surface area contributed by atoms with E-state index in [1.54, 1.807) is 26.2 Å². The molecule has 5 rings (SSSR count). The Labute approximate surface area is 191 Å². The number of hydrogen-bond donors (Lipinski definition) is 2. The second-order valence-electron chi connectivity index (χ2n) is 8.93. The Morgan fingerprint density at radius 2 is 2.00 bits per heavy atom. The summed E-state index contributed by atoms with van der Waals surface area (Å²) >= 11 is 0. The lowest BCUT2D eigenvalue weighted by Crippen LogP contribution is -2.54. The maximum Gasteiger partial charge on any atom is 0.328 e. The largest absolute Gasteiger partial charge is 0.362 e. The van der Waals surface area contributed by atoms with E-state index in [1.807, 2.05) is 24.3 Å². The van der Waals surface area contributed by atoms with E-state index in [0.29, 0.717) is 23.1 Å². The molecule has 0 radical (unpaired) electrons. The number of fused-ring (bicyclic) bond motifs is 1. The average molecular weight is 449 g/mol. The van der Waals surface area contributed by atoms with Crippen LogP contribution in [0.25, 0.3) is 10.9 Å². The first-order valence-corrected chi connectivity index (χ1v) is 11.4. The van der Waals surface area contributed by atoms with Crippen LogP contribution < -0.4 is 21.5 Å². The van der Waals surface area contributed by atoms with Gasteiger partial charge >= 0.3 is 5.69 Å². The lowest BCUT2D eigenvalue weighted by Gasteiger charge is -2.43. The number of aromatic nitrogens is 3.